The monoisotopic (exact) mass is 282 g/mol. The molecule has 1 heterocycles. The third kappa shape index (κ3) is 2.76. The molecule has 0 saturated heterocycles. The fourth-order valence-electron chi connectivity index (χ4n) is 2.35. The van der Waals surface area contributed by atoms with Crippen LogP contribution >= 0.6 is 15.9 Å². The Morgan fingerprint density at radius 2 is 2.06 bits per heavy atom. The van der Waals surface area contributed by atoms with Gasteiger partial charge in [0.2, 0.25) is 0 Å². The molecule has 0 aliphatic heterocycles. The number of halogens is 1. The topological polar surface area (TPSA) is 24.9 Å². The van der Waals surface area contributed by atoms with Gasteiger partial charge in [-0.3, -0.25) is 0 Å². The number of nitrogens with one attached hydrogen (secondary N) is 1. The van der Waals surface area contributed by atoms with Crippen LogP contribution in [0, 0.1) is 12.3 Å². The summed E-state index contributed by atoms with van der Waals surface area (Å²) in [4.78, 5) is 4.51. The van der Waals surface area contributed by atoms with Gasteiger partial charge in [-0.1, -0.05) is 19.8 Å². The van der Waals surface area contributed by atoms with Gasteiger partial charge in [0, 0.05) is 11.0 Å². The predicted molar refractivity (Wildman–Crippen MR) is 71.7 cm³/mol. The van der Waals surface area contributed by atoms with Crippen molar-refractivity contribution in [3.8, 4) is 0 Å². The molecule has 1 aromatic rings. The molecule has 1 saturated carbocycles. The molecule has 1 aliphatic rings. The van der Waals surface area contributed by atoms with Crippen molar-refractivity contribution in [3.05, 3.63) is 22.3 Å². The summed E-state index contributed by atoms with van der Waals surface area (Å²) in [5.74, 6) is 0.994. The molecule has 0 amide bonds. The van der Waals surface area contributed by atoms with E-state index in [1.54, 1.807) is 0 Å². The largest absolute Gasteiger partial charge is 0.370 e. The molecule has 0 atom stereocenters. The highest BCUT2D eigenvalue weighted by molar-refractivity contribution is 9.10. The molecular formula is C13H19BrN2. The molecule has 3 heteroatoms. The van der Waals surface area contributed by atoms with Crippen molar-refractivity contribution in [1.29, 1.82) is 0 Å². The summed E-state index contributed by atoms with van der Waals surface area (Å²) in [5, 5.41) is 3.46. The van der Waals surface area contributed by atoms with Gasteiger partial charge in [-0.2, -0.15) is 0 Å². The van der Waals surface area contributed by atoms with E-state index in [4.69, 9.17) is 0 Å². The van der Waals surface area contributed by atoms with Gasteiger partial charge in [0.25, 0.3) is 0 Å². The van der Waals surface area contributed by atoms with Crippen LogP contribution in [0.15, 0.2) is 16.6 Å². The highest BCUT2D eigenvalue weighted by Gasteiger charge is 2.28. The van der Waals surface area contributed by atoms with Gasteiger partial charge in [-0.25, -0.2) is 4.98 Å². The first-order valence-electron chi connectivity index (χ1n) is 5.96. The van der Waals surface area contributed by atoms with Crippen molar-refractivity contribution in [3.63, 3.8) is 0 Å². The van der Waals surface area contributed by atoms with Crippen LogP contribution in [0.3, 0.4) is 0 Å². The number of pyridine rings is 1. The molecule has 0 unspecified atom stereocenters. The van der Waals surface area contributed by atoms with Crippen LogP contribution < -0.4 is 5.32 Å². The highest BCUT2D eigenvalue weighted by atomic mass is 79.9. The van der Waals surface area contributed by atoms with Gasteiger partial charge in [-0.05, 0) is 53.2 Å². The van der Waals surface area contributed by atoms with Gasteiger partial charge in [0.05, 0.1) is 5.69 Å². The third-order valence-corrected chi connectivity index (χ3v) is 4.37. The van der Waals surface area contributed by atoms with Crippen LogP contribution in [0.25, 0.3) is 0 Å². The van der Waals surface area contributed by atoms with Crippen LogP contribution in [0.1, 0.15) is 38.3 Å². The zero-order valence-corrected chi connectivity index (χ0v) is 11.6. The second kappa shape index (κ2) is 4.74. The molecule has 1 aliphatic carbocycles. The summed E-state index contributed by atoms with van der Waals surface area (Å²) < 4.78 is 1.07. The Balaban J connectivity index is 1.96. The molecule has 0 radical (unpaired) electrons. The van der Waals surface area contributed by atoms with Crippen LogP contribution in [-0.2, 0) is 0 Å². The minimum atomic E-state index is 0.475. The molecule has 1 fully saturated rings. The van der Waals surface area contributed by atoms with Crippen molar-refractivity contribution in [1.82, 2.24) is 4.98 Å². The molecule has 0 aromatic carbocycles. The molecule has 1 N–H and O–H groups in total. The van der Waals surface area contributed by atoms with Crippen LogP contribution in [0.2, 0.25) is 0 Å². The summed E-state index contributed by atoms with van der Waals surface area (Å²) in [6.07, 6.45) is 5.45. The quantitative estimate of drug-likeness (QED) is 0.901. The average Bonchev–Trinajstić information content (AvgIpc) is 2.68. The summed E-state index contributed by atoms with van der Waals surface area (Å²) in [7, 11) is 0. The summed E-state index contributed by atoms with van der Waals surface area (Å²) in [6, 6.07) is 4.09. The van der Waals surface area contributed by atoms with E-state index in [-0.39, 0.29) is 0 Å². The lowest BCUT2D eigenvalue weighted by molar-refractivity contribution is 0.361. The lowest BCUT2D eigenvalue weighted by Crippen LogP contribution is -2.23. The van der Waals surface area contributed by atoms with Crippen molar-refractivity contribution in [2.45, 2.75) is 39.5 Å². The second-order valence-electron chi connectivity index (χ2n) is 5.14. The van der Waals surface area contributed by atoms with Crippen molar-refractivity contribution >= 4 is 21.7 Å². The first-order valence-corrected chi connectivity index (χ1v) is 6.75. The standard InChI is InChI=1S/C13H19BrN2/c1-10-11(14)5-6-12(16-10)15-9-13(2)7-3-4-8-13/h5-6H,3-4,7-9H2,1-2H3,(H,15,16). The summed E-state index contributed by atoms with van der Waals surface area (Å²) in [5.41, 5.74) is 1.52. The first kappa shape index (κ1) is 11.9. The Morgan fingerprint density at radius 3 is 2.69 bits per heavy atom. The van der Waals surface area contributed by atoms with Crippen molar-refractivity contribution in [2.24, 2.45) is 5.41 Å². The molecule has 0 bridgehead atoms. The lowest BCUT2D eigenvalue weighted by Gasteiger charge is -2.24. The number of aromatic nitrogens is 1. The number of hydrogen-bond acceptors (Lipinski definition) is 2. The maximum absolute atomic E-state index is 4.51. The number of rotatable bonds is 3. The van der Waals surface area contributed by atoms with Gasteiger partial charge in [0.1, 0.15) is 5.82 Å². The molecule has 2 nitrogen and oxygen atoms in total. The highest BCUT2D eigenvalue weighted by Crippen LogP contribution is 2.37. The maximum Gasteiger partial charge on any atom is 0.126 e. The molecule has 88 valence electrons. The zero-order chi connectivity index (χ0) is 11.6. The van der Waals surface area contributed by atoms with Crippen LogP contribution in [-0.4, -0.2) is 11.5 Å². The maximum atomic E-state index is 4.51. The zero-order valence-electron chi connectivity index (χ0n) is 10.0. The fourth-order valence-corrected chi connectivity index (χ4v) is 2.57. The van der Waals surface area contributed by atoms with E-state index in [0.29, 0.717) is 5.41 Å². The van der Waals surface area contributed by atoms with Crippen molar-refractivity contribution < 1.29 is 0 Å². The second-order valence-corrected chi connectivity index (χ2v) is 5.99. The van der Waals surface area contributed by atoms with E-state index in [9.17, 15) is 0 Å². The molecular weight excluding hydrogens is 264 g/mol. The Labute approximate surface area is 106 Å². The lowest BCUT2D eigenvalue weighted by atomic mass is 9.89. The Bertz CT molecular complexity index is 370. The number of nitrogens with zero attached hydrogens (tertiary/aromatic N) is 1. The summed E-state index contributed by atoms with van der Waals surface area (Å²) >= 11 is 3.47. The first-order chi connectivity index (χ1) is 7.59. The number of hydrogen-bond donors (Lipinski definition) is 1. The Morgan fingerprint density at radius 1 is 1.38 bits per heavy atom. The predicted octanol–water partition coefficient (Wildman–Crippen LogP) is 4.14. The van der Waals surface area contributed by atoms with Gasteiger partial charge in [-0.15, -0.1) is 0 Å². The molecule has 16 heavy (non-hydrogen) atoms. The molecule has 1 aromatic heterocycles. The molecule has 2 rings (SSSR count). The van der Waals surface area contributed by atoms with Crippen LogP contribution in [0.4, 0.5) is 5.82 Å². The fraction of sp³-hybridized carbons (Fsp3) is 0.615. The van der Waals surface area contributed by atoms with Crippen molar-refractivity contribution in [2.75, 3.05) is 11.9 Å². The van der Waals surface area contributed by atoms with E-state index in [0.717, 1.165) is 22.5 Å². The minimum absolute atomic E-state index is 0.475. The van der Waals surface area contributed by atoms with E-state index >= 15 is 0 Å². The van der Waals surface area contributed by atoms with Gasteiger partial charge < -0.3 is 5.32 Å². The van der Waals surface area contributed by atoms with Gasteiger partial charge in [0.15, 0.2) is 0 Å². The normalized spacial score (nSPS) is 18.7. The van der Waals surface area contributed by atoms with Gasteiger partial charge >= 0.3 is 0 Å². The van der Waals surface area contributed by atoms with E-state index < -0.39 is 0 Å². The number of aryl methyl sites for hydroxylation is 1. The van der Waals surface area contributed by atoms with Crippen LogP contribution in [0.5, 0.6) is 0 Å². The van der Waals surface area contributed by atoms with E-state index in [1.807, 2.05) is 13.0 Å². The van der Waals surface area contributed by atoms with E-state index in [2.05, 4.69) is 39.2 Å². The number of anilines is 1. The minimum Gasteiger partial charge on any atom is -0.370 e. The molecule has 0 spiro atoms. The average molecular weight is 283 g/mol. The van der Waals surface area contributed by atoms with E-state index in [1.165, 1.54) is 25.7 Å². The summed E-state index contributed by atoms with van der Waals surface area (Å²) in [6.45, 7) is 5.44. The Hall–Kier alpha value is -0.570. The Kier molecular flexibility index (Phi) is 3.53. The third-order valence-electron chi connectivity index (χ3n) is 3.53. The smallest absolute Gasteiger partial charge is 0.126 e. The SMILES string of the molecule is Cc1nc(NCC2(C)CCCC2)ccc1Br.